The van der Waals surface area contributed by atoms with E-state index in [4.69, 9.17) is 0 Å². The SMILES string of the molecule is O=C=Nc1cccc(-n2cccc2)c1. The molecule has 3 nitrogen and oxygen atoms in total. The van der Waals surface area contributed by atoms with Gasteiger partial charge in [0.2, 0.25) is 6.08 Å². The van der Waals surface area contributed by atoms with Crippen molar-refractivity contribution in [3.05, 3.63) is 48.8 Å². The predicted octanol–water partition coefficient (Wildman–Crippen LogP) is 2.44. The van der Waals surface area contributed by atoms with Crippen LogP contribution in [0.4, 0.5) is 5.69 Å². The number of hydrogen-bond acceptors (Lipinski definition) is 2. The molecule has 3 heteroatoms. The molecule has 0 aliphatic heterocycles. The number of isocyanates is 1. The van der Waals surface area contributed by atoms with Crippen molar-refractivity contribution in [3.63, 3.8) is 0 Å². The molecule has 1 aromatic carbocycles. The largest absolute Gasteiger partial charge is 0.324 e. The second-order valence-corrected chi connectivity index (χ2v) is 2.81. The molecule has 1 aromatic heterocycles. The van der Waals surface area contributed by atoms with Gasteiger partial charge in [-0.15, -0.1) is 0 Å². The fourth-order valence-corrected chi connectivity index (χ4v) is 1.28. The second-order valence-electron chi connectivity index (χ2n) is 2.81. The third-order valence-electron chi connectivity index (χ3n) is 1.91. The molecule has 0 aliphatic carbocycles. The Morgan fingerprint density at radius 2 is 1.93 bits per heavy atom. The Kier molecular flexibility index (Phi) is 2.26. The average Bonchev–Trinajstić information content (AvgIpc) is 2.71. The van der Waals surface area contributed by atoms with Gasteiger partial charge in [-0.3, -0.25) is 0 Å². The van der Waals surface area contributed by atoms with Crippen molar-refractivity contribution < 1.29 is 4.79 Å². The van der Waals surface area contributed by atoms with Crippen LogP contribution in [0.25, 0.3) is 5.69 Å². The summed E-state index contributed by atoms with van der Waals surface area (Å²) in [4.78, 5) is 13.6. The van der Waals surface area contributed by atoms with E-state index in [2.05, 4.69) is 4.99 Å². The minimum atomic E-state index is 0.617. The normalized spacial score (nSPS) is 9.43. The van der Waals surface area contributed by atoms with E-state index in [0.29, 0.717) is 5.69 Å². The summed E-state index contributed by atoms with van der Waals surface area (Å²) in [5, 5.41) is 0. The summed E-state index contributed by atoms with van der Waals surface area (Å²) in [6.07, 6.45) is 5.39. The smallest absolute Gasteiger partial charge is 0.240 e. The highest BCUT2D eigenvalue weighted by molar-refractivity contribution is 5.53. The van der Waals surface area contributed by atoms with Crippen LogP contribution in [0.5, 0.6) is 0 Å². The van der Waals surface area contributed by atoms with E-state index in [-0.39, 0.29) is 0 Å². The molecule has 0 radical (unpaired) electrons. The maximum absolute atomic E-state index is 10.1. The number of aliphatic imine (C=N–C) groups is 1. The molecule has 0 fully saturated rings. The summed E-state index contributed by atoms with van der Waals surface area (Å²) in [6.45, 7) is 0. The Morgan fingerprint density at radius 3 is 2.64 bits per heavy atom. The molecule has 0 saturated carbocycles. The zero-order valence-electron chi connectivity index (χ0n) is 7.42. The Bertz CT molecular complexity index is 468. The molecule has 14 heavy (non-hydrogen) atoms. The van der Waals surface area contributed by atoms with Crippen LogP contribution in [0.3, 0.4) is 0 Å². The highest BCUT2D eigenvalue weighted by atomic mass is 16.1. The lowest BCUT2D eigenvalue weighted by Crippen LogP contribution is -1.87. The first-order valence-corrected chi connectivity index (χ1v) is 4.21. The van der Waals surface area contributed by atoms with Crippen LogP contribution in [-0.4, -0.2) is 10.6 Å². The number of aromatic nitrogens is 1. The first kappa shape index (κ1) is 8.48. The number of benzene rings is 1. The standard InChI is InChI=1S/C11H8N2O/c14-9-12-10-4-3-5-11(8-10)13-6-1-2-7-13/h1-8H. The molecule has 0 N–H and O–H groups in total. The van der Waals surface area contributed by atoms with Gasteiger partial charge in [-0.2, -0.15) is 4.99 Å². The van der Waals surface area contributed by atoms with Gasteiger partial charge in [0.25, 0.3) is 0 Å². The molecule has 2 rings (SSSR count). The van der Waals surface area contributed by atoms with Crippen molar-refractivity contribution in [1.29, 1.82) is 0 Å². The first-order chi connectivity index (χ1) is 6.90. The summed E-state index contributed by atoms with van der Waals surface area (Å²) in [7, 11) is 0. The Morgan fingerprint density at radius 1 is 1.14 bits per heavy atom. The Hall–Kier alpha value is -2.12. The quantitative estimate of drug-likeness (QED) is 0.521. The van der Waals surface area contributed by atoms with Gasteiger partial charge < -0.3 is 4.57 Å². The Labute approximate surface area is 81.3 Å². The van der Waals surface area contributed by atoms with Gasteiger partial charge in [-0.05, 0) is 30.3 Å². The van der Waals surface area contributed by atoms with Crippen LogP contribution in [0.2, 0.25) is 0 Å². The summed E-state index contributed by atoms with van der Waals surface area (Å²) in [6, 6.07) is 11.3. The zero-order chi connectivity index (χ0) is 9.80. The van der Waals surface area contributed by atoms with E-state index < -0.39 is 0 Å². The van der Waals surface area contributed by atoms with E-state index in [1.165, 1.54) is 6.08 Å². The minimum absolute atomic E-state index is 0.617. The van der Waals surface area contributed by atoms with Crippen LogP contribution in [0.1, 0.15) is 0 Å². The highest BCUT2D eigenvalue weighted by Gasteiger charge is 1.95. The predicted molar refractivity (Wildman–Crippen MR) is 53.6 cm³/mol. The molecule has 68 valence electrons. The number of hydrogen-bond donors (Lipinski definition) is 0. The van der Waals surface area contributed by atoms with Crippen molar-refractivity contribution in [2.45, 2.75) is 0 Å². The van der Waals surface area contributed by atoms with E-state index in [9.17, 15) is 4.79 Å². The lowest BCUT2D eigenvalue weighted by molar-refractivity contribution is 0.565. The number of nitrogens with zero attached hydrogens (tertiary/aromatic N) is 2. The molecule has 0 unspecified atom stereocenters. The van der Waals surface area contributed by atoms with E-state index in [0.717, 1.165) is 5.69 Å². The van der Waals surface area contributed by atoms with Crippen LogP contribution < -0.4 is 0 Å². The van der Waals surface area contributed by atoms with Crippen LogP contribution in [0, 0.1) is 0 Å². The van der Waals surface area contributed by atoms with Gasteiger partial charge in [-0.25, -0.2) is 4.79 Å². The van der Waals surface area contributed by atoms with Gasteiger partial charge >= 0.3 is 0 Å². The topological polar surface area (TPSA) is 34.4 Å². The number of rotatable bonds is 2. The molecular formula is C11H8N2O. The lowest BCUT2D eigenvalue weighted by atomic mass is 10.3. The lowest BCUT2D eigenvalue weighted by Gasteiger charge is -2.02. The van der Waals surface area contributed by atoms with Crippen LogP contribution in [0.15, 0.2) is 53.8 Å². The van der Waals surface area contributed by atoms with Crippen LogP contribution >= 0.6 is 0 Å². The maximum atomic E-state index is 10.1. The molecule has 0 aliphatic rings. The third-order valence-corrected chi connectivity index (χ3v) is 1.91. The maximum Gasteiger partial charge on any atom is 0.240 e. The average molecular weight is 184 g/mol. The Balaban J connectivity index is 2.45. The number of carbonyl (C=O) groups excluding carboxylic acids is 1. The van der Waals surface area contributed by atoms with Gasteiger partial charge in [0, 0.05) is 18.1 Å². The molecule has 1 heterocycles. The fourth-order valence-electron chi connectivity index (χ4n) is 1.28. The van der Waals surface area contributed by atoms with Crippen molar-refractivity contribution in [2.75, 3.05) is 0 Å². The molecule has 0 spiro atoms. The van der Waals surface area contributed by atoms with Crippen molar-refractivity contribution in [2.24, 2.45) is 4.99 Å². The van der Waals surface area contributed by atoms with Crippen molar-refractivity contribution in [1.82, 2.24) is 4.57 Å². The molecule has 2 aromatic rings. The van der Waals surface area contributed by atoms with Gasteiger partial charge in [0.05, 0.1) is 5.69 Å². The van der Waals surface area contributed by atoms with Gasteiger partial charge in [0.1, 0.15) is 0 Å². The first-order valence-electron chi connectivity index (χ1n) is 4.21. The molecule has 0 amide bonds. The van der Waals surface area contributed by atoms with Gasteiger partial charge in [0.15, 0.2) is 0 Å². The fraction of sp³-hybridized carbons (Fsp3) is 0. The van der Waals surface area contributed by atoms with Gasteiger partial charge in [-0.1, -0.05) is 6.07 Å². The van der Waals surface area contributed by atoms with Crippen molar-refractivity contribution in [3.8, 4) is 5.69 Å². The zero-order valence-corrected chi connectivity index (χ0v) is 7.42. The van der Waals surface area contributed by atoms with Crippen LogP contribution in [-0.2, 0) is 4.79 Å². The third kappa shape index (κ3) is 1.63. The van der Waals surface area contributed by atoms with E-state index >= 15 is 0 Å². The summed E-state index contributed by atoms with van der Waals surface area (Å²) in [5.41, 5.74) is 1.60. The monoisotopic (exact) mass is 184 g/mol. The second kappa shape index (κ2) is 3.73. The summed E-state index contributed by atoms with van der Waals surface area (Å²) in [5.74, 6) is 0. The minimum Gasteiger partial charge on any atom is -0.324 e. The summed E-state index contributed by atoms with van der Waals surface area (Å²) >= 11 is 0. The highest BCUT2D eigenvalue weighted by Crippen LogP contribution is 2.16. The van der Waals surface area contributed by atoms with E-state index in [1.54, 1.807) is 6.07 Å². The molecule has 0 bridgehead atoms. The molecule has 0 atom stereocenters. The van der Waals surface area contributed by atoms with E-state index in [1.807, 2.05) is 47.3 Å². The molecule has 0 saturated heterocycles. The summed E-state index contributed by atoms with van der Waals surface area (Å²) < 4.78 is 1.95. The molecular weight excluding hydrogens is 176 g/mol. The van der Waals surface area contributed by atoms with Crippen molar-refractivity contribution >= 4 is 11.8 Å².